The molecule has 184 valence electrons. The molecule has 5 N–H and O–H groups in total. The van der Waals surface area contributed by atoms with Crippen molar-refractivity contribution in [1.82, 2.24) is 5.32 Å². The maximum absolute atomic E-state index is 15.4. The van der Waals surface area contributed by atoms with Crippen LogP contribution in [0, 0.1) is 5.82 Å². The molecule has 0 aliphatic heterocycles. The molecule has 1 aliphatic carbocycles. The molecule has 3 aromatic carbocycles. The lowest BCUT2D eigenvalue weighted by molar-refractivity contribution is 0.100. The smallest absolute Gasteiger partial charge is 0.249 e. The molecule has 0 spiro atoms. The predicted molar refractivity (Wildman–Crippen MR) is 138 cm³/mol. The zero-order valence-electron chi connectivity index (χ0n) is 19.8. The Hall–Kier alpha value is -2.93. The second-order valence-electron chi connectivity index (χ2n) is 9.09. The zero-order valence-corrected chi connectivity index (χ0v) is 20.5. The summed E-state index contributed by atoms with van der Waals surface area (Å²) in [4.78, 5) is 12.2. The van der Waals surface area contributed by atoms with E-state index in [1.165, 1.54) is 19.2 Å². The van der Waals surface area contributed by atoms with Gasteiger partial charge in [0.1, 0.15) is 0 Å². The van der Waals surface area contributed by atoms with Crippen molar-refractivity contribution >= 4 is 17.5 Å². The van der Waals surface area contributed by atoms with Gasteiger partial charge in [-0.05, 0) is 61.1 Å². The molecule has 1 saturated carbocycles. The van der Waals surface area contributed by atoms with Gasteiger partial charge in [-0.15, -0.1) is 0 Å². The topological polar surface area (TPSA) is 90.4 Å². The van der Waals surface area contributed by atoms with E-state index in [4.69, 9.17) is 27.8 Å². The van der Waals surface area contributed by atoms with Crippen molar-refractivity contribution in [3.05, 3.63) is 88.2 Å². The van der Waals surface area contributed by atoms with Crippen LogP contribution < -0.4 is 21.5 Å². The van der Waals surface area contributed by atoms with E-state index in [1.54, 1.807) is 6.07 Å². The normalized spacial score (nSPS) is 18.7. The highest BCUT2D eigenvalue weighted by Gasteiger charge is 2.24. The Morgan fingerprint density at radius 1 is 1.09 bits per heavy atom. The van der Waals surface area contributed by atoms with Gasteiger partial charge in [0, 0.05) is 40.7 Å². The summed E-state index contributed by atoms with van der Waals surface area (Å²) >= 11 is 6.55. The van der Waals surface area contributed by atoms with Crippen LogP contribution in [0.5, 0.6) is 5.75 Å². The fourth-order valence-electron chi connectivity index (χ4n) is 4.86. The number of ether oxygens (including phenoxy) is 1. The SMILES string of the molecule is COc1ccc(C(N)=O)c(-c2cc(C(CNC3CCC(N)CC3)c3ccccc3)ccc2Cl)c1F. The molecule has 1 aliphatic rings. The minimum absolute atomic E-state index is 0.00601. The Morgan fingerprint density at radius 2 is 1.80 bits per heavy atom. The van der Waals surface area contributed by atoms with Gasteiger partial charge in [-0.3, -0.25) is 4.79 Å². The van der Waals surface area contributed by atoms with E-state index in [2.05, 4.69) is 17.4 Å². The number of nitrogens with one attached hydrogen (secondary N) is 1. The van der Waals surface area contributed by atoms with E-state index < -0.39 is 11.7 Å². The third kappa shape index (κ3) is 5.67. The van der Waals surface area contributed by atoms with Gasteiger partial charge in [0.2, 0.25) is 5.91 Å². The van der Waals surface area contributed by atoms with Gasteiger partial charge in [0.05, 0.1) is 12.7 Å². The maximum atomic E-state index is 15.4. The Kier molecular flexibility index (Phi) is 8.06. The van der Waals surface area contributed by atoms with E-state index in [1.807, 2.05) is 30.3 Å². The lowest BCUT2D eigenvalue weighted by Gasteiger charge is -2.29. The van der Waals surface area contributed by atoms with Gasteiger partial charge in [-0.1, -0.05) is 48.0 Å². The highest BCUT2D eigenvalue weighted by molar-refractivity contribution is 6.33. The fourth-order valence-corrected chi connectivity index (χ4v) is 5.07. The van der Waals surface area contributed by atoms with Gasteiger partial charge in [-0.2, -0.15) is 0 Å². The highest BCUT2D eigenvalue weighted by Crippen LogP contribution is 2.39. The van der Waals surface area contributed by atoms with Crippen LogP contribution in [0.25, 0.3) is 11.1 Å². The number of carbonyl (C=O) groups is 1. The van der Waals surface area contributed by atoms with Crippen LogP contribution >= 0.6 is 11.6 Å². The highest BCUT2D eigenvalue weighted by atomic mass is 35.5. The first-order valence-electron chi connectivity index (χ1n) is 11.9. The number of hydrogen-bond acceptors (Lipinski definition) is 4. The maximum Gasteiger partial charge on any atom is 0.249 e. The number of hydrogen-bond donors (Lipinski definition) is 3. The molecule has 0 aromatic heterocycles. The Morgan fingerprint density at radius 3 is 2.46 bits per heavy atom. The largest absolute Gasteiger partial charge is 0.494 e. The average Bonchev–Trinajstić information content (AvgIpc) is 2.86. The Bertz CT molecular complexity index is 1180. The average molecular weight is 496 g/mol. The molecule has 35 heavy (non-hydrogen) atoms. The summed E-state index contributed by atoms with van der Waals surface area (Å²) in [6.45, 7) is 0.703. The number of amides is 1. The van der Waals surface area contributed by atoms with Crippen LogP contribution in [0.4, 0.5) is 4.39 Å². The van der Waals surface area contributed by atoms with Crippen molar-refractivity contribution in [2.75, 3.05) is 13.7 Å². The third-order valence-electron chi connectivity index (χ3n) is 6.84. The van der Waals surface area contributed by atoms with E-state index in [9.17, 15) is 4.79 Å². The summed E-state index contributed by atoms with van der Waals surface area (Å²) in [5.74, 6) is -1.40. The standard InChI is InChI=1S/C28H31ClFN3O2/c1-35-25-14-12-21(28(32)34)26(27(25)30)22-15-18(7-13-24(22)29)23(17-5-3-2-4-6-17)16-33-20-10-8-19(31)9-11-20/h2-7,12-15,19-20,23,33H,8-11,16,31H2,1H3,(H2,32,34). The van der Waals surface area contributed by atoms with E-state index in [0.717, 1.165) is 36.8 Å². The Labute approximate surface area is 210 Å². The summed E-state index contributed by atoms with van der Waals surface area (Å²) in [6.07, 6.45) is 4.13. The van der Waals surface area contributed by atoms with Crippen LogP contribution in [0.2, 0.25) is 5.02 Å². The van der Waals surface area contributed by atoms with Crippen molar-refractivity contribution in [3.8, 4) is 16.9 Å². The fraction of sp³-hybridized carbons (Fsp3) is 0.321. The minimum Gasteiger partial charge on any atom is -0.494 e. The second-order valence-corrected chi connectivity index (χ2v) is 9.50. The van der Waals surface area contributed by atoms with E-state index in [-0.39, 0.29) is 28.8 Å². The molecule has 0 radical (unpaired) electrons. The molecule has 3 aromatic rings. The van der Waals surface area contributed by atoms with Gasteiger partial charge < -0.3 is 21.5 Å². The number of nitrogens with two attached hydrogens (primary N) is 2. The summed E-state index contributed by atoms with van der Waals surface area (Å²) in [7, 11) is 1.37. The quantitative estimate of drug-likeness (QED) is 0.398. The van der Waals surface area contributed by atoms with Crippen molar-refractivity contribution in [2.45, 2.75) is 43.7 Å². The molecule has 1 amide bonds. The number of rotatable bonds is 8. The van der Waals surface area contributed by atoms with Crippen LogP contribution in [-0.4, -0.2) is 31.6 Å². The van der Waals surface area contributed by atoms with Crippen LogP contribution in [-0.2, 0) is 0 Å². The first kappa shape index (κ1) is 25.2. The van der Waals surface area contributed by atoms with E-state index in [0.29, 0.717) is 23.2 Å². The molecule has 0 saturated heterocycles. The molecular weight excluding hydrogens is 465 g/mol. The molecule has 5 nitrogen and oxygen atoms in total. The third-order valence-corrected chi connectivity index (χ3v) is 7.17. The number of primary amides is 1. The molecular formula is C28H31ClFN3O2. The number of methoxy groups -OCH3 is 1. The van der Waals surface area contributed by atoms with Crippen molar-refractivity contribution in [3.63, 3.8) is 0 Å². The van der Waals surface area contributed by atoms with Crippen molar-refractivity contribution < 1.29 is 13.9 Å². The predicted octanol–water partition coefficient (Wildman–Crippen LogP) is 5.25. The van der Waals surface area contributed by atoms with Gasteiger partial charge in [0.25, 0.3) is 0 Å². The molecule has 0 bridgehead atoms. The van der Waals surface area contributed by atoms with Crippen LogP contribution in [0.1, 0.15) is 53.1 Å². The van der Waals surface area contributed by atoms with Crippen LogP contribution in [0.3, 0.4) is 0 Å². The molecule has 1 unspecified atom stereocenters. The second kappa shape index (κ2) is 11.2. The summed E-state index contributed by atoms with van der Waals surface area (Å²) < 4.78 is 20.6. The van der Waals surface area contributed by atoms with Gasteiger partial charge >= 0.3 is 0 Å². The number of carbonyl (C=O) groups excluding carboxylic acids is 1. The first-order chi connectivity index (χ1) is 16.9. The number of benzene rings is 3. The molecule has 1 fully saturated rings. The molecule has 7 heteroatoms. The van der Waals surface area contributed by atoms with Gasteiger partial charge in [-0.25, -0.2) is 4.39 Å². The first-order valence-corrected chi connectivity index (χ1v) is 12.3. The zero-order chi connectivity index (χ0) is 24.9. The van der Waals surface area contributed by atoms with Crippen LogP contribution in [0.15, 0.2) is 60.7 Å². The summed E-state index contributed by atoms with van der Waals surface area (Å²) in [5.41, 5.74) is 14.2. The summed E-state index contributed by atoms with van der Waals surface area (Å²) in [5, 5.41) is 4.04. The molecule has 4 rings (SSSR count). The summed E-state index contributed by atoms with van der Waals surface area (Å²) in [6, 6.07) is 19.2. The monoisotopic (exact) mass is 495 g/mol. The minimum atomic E-state index is -0.736. The molecule has 0 heterocycles. The Balaban J connectivity index is 1.75. The lowest BCUT2D eigenvalue weighted by Crippen LogP contribution is -2.39. The lowest BCUT2D eigenvalue weighted by atomic mass is 9.87. The molecule has 1 atom stereocenters. The number of halogens is 2. The van der Waals surface area contributed by atoms with Gasteiger partial charge in [0.15, 0.2) is 11.6 Å². The van der Waals surface area contributed by atoms with Crippen molar-refractivity contribution in [2.24, 2.45) is 11.5 Å². The van der Waals surface area contributed by atoms with E-state index >= 15 is 4.39 Å². The van der Waals surface area contributed by atoms with Crippen molar-refractivity contribution in [1.29, 1.82) is 0 Å².